The second kappa shape index (κ2) is 17.8. The van der Waals surface area contributed by atoms with E-state index in [0.29, 0.717) is 0 Å². The normalized spacial score (nSPS) is 10.7. The van der Waals surface area contributed by atoms with Crippen LogP contribution in [0.25, 0.3) is 0 Å². The Balaban J connectivity index is -0.0000000480. The van der Waals surface area contributed by atoms with E-state index in [1.165, 1.54) is 13.8 Å². The second-order valence-corrected chi connectivity index (χ2v) is 2.17. The smallest absolute Gasteiger partial charge is 0.382 e. The molecule has 100 valence electrons. The van der Waals surface area contributed by atoms with Gasteiger partial charge in [-0.15, -0.1) is 0 Å². The van der Waals surface area contributed by atoms with Crippen molar-refractivity contribution in [3.05, 3.63) is 0 Å². The van der Waals surface area contributed by atoms with Crippen molar-refractivity contribution in [2.24, 2.45) is 0 Å². The van der Waals surface area contributed by atoms with Crippen LogP contribution in [0.5, 0.6) is 0 Å². The summed E-state index contributed by atoms with van der Waals surface area (Å²) in [4.78, 5) is 25.8. The van der Waals surface area contributed by atoms with Gasteiger partial charge < -0.3 is 22.5 Å². The Morgan fingerprint density at radius 3 is 1.06 bits per heavy atom. The number of carbonyl (C=O) groups excluding carboxylic acids is 2. The summed E-state index contributed by atoms with van der Waals surface area (Å²) in [5.41, 5.74) is 0. The van der Waals surface area contributed by atoms with Gasteiger partial charge in [0.05, 0.1) is 0 Å². The third-order valence-electron chi connectivity index (χ3n) is 0.862. The zero-order valence-electron chi connectivity index (χ0n) is 10.1. The molecule has 0 saturated heterocycles. The maximum absolute atomic E-state index is 9.79. The van der Waals surface area contributed by atoms with Gasteiger partial charge in [0.1, 0.15) is 0 Å². The number of quaternary nitrogens is 2. The molecule has 0 heterocycles. The number of aliphatic hydroxyl groups excluding tert-OH is 2. The van der Waals surface area contributed by atoms with Crippen molar-refractivity contribution in [1.29, 1.82) is 0 Å². The molecule has 0 aliphatic heterocycles. The Morgan fingerprint density at radius 1 is 0.882 bits per heavy atom. The zero-order valence-corrected chi connectivity index (χ0v) is 11.6. The molecule has 0 aromatic rings. The summed E-state index contributed by atoms with van der Waals surface area (Å²) in [5, 5.41) is 31.4. The number of rotatable bonds is 2. The predicted molar refractivity (Wildman–Crippen MR) is 52.8 cm³/mol. The number of hydrogen-bond acceptors (Lipinski definition) is 8. The first-order valence-corrected chi connectivity index (χ1v) is 3.43. The quantitative estimate of drug-likeness (QED) is 0.222. The molecule has 2 atom stereocenters. The van der Waals surface area contributed by atoms with Gasteiger partial charge in [-0.05, 0) is 13.8 Å². The Bertz CT molecular complexity index is 169. The molecule has 0 spiro atoms. The van der Waals surface area contributed by atoms with E-state index in [1.54, 1.807) is 0 Å². The van der Waals surface area contributed by atoms with E-state index in [1.807, 2.05) is 0 Å². The van der Waals surface area contributed by atoms with Gasteiger partial charge in [-0.3, -0.25) is 9.78 Å². The molecule has 0 radical (unpaired) electrons. The second-order valence-electron chi connectivity index (χ2n) is 2.17. The van der Waals surface area contributed by atoms with Crippen LogP contribution in [0.1, 0.15) is 13.8 Å². The zero-order chi connectivity index (χ0) is 11.7. The van der Waals surface area contributed by atoms with Crippen LogP contribution in [0.15, 0.2) is 0 Å². The van der Waals surface area contributed by atoms with Crippen LogP contribution in [0.4, 0.5) is 0 Å². The fourth-order valence-electron chi connectivity index (χ4n) is 0.153. The minimum atomic E-state index is -1.25. The van der Waals surface area contributed by atoms with Crippen molar-refractivity contribution in [3.8, 4) is 0 Å². The van der Waals surface area contributed by atoms with Crippen LogP contribution < -0.4 is 12.3 Å². The third kappa shape index (κ3) is 21.3. The van der Waals surface area contributed by atoms with E-state index in [4.69, 9.17) is 20.7 Å². The van der Waals surface area contributed by atoms with Crippen LogP contribution in [-0.4, -0.2) is 44.9 Å². The largest absolute Gasteiger partial charge is 4.00 e. The standard InChI is InChI=1S/2C3H6O4.2H3N.Ti/c2*1-2(4)3(5)7-6;;;/h2*2,4,6H,1H3;2*1H3;/q;;;;+4/p+2. The molecule has 0 saturated carbocycles. The fourth-order valence-corrected chi connectivity index (χ4v) is 0.153. The Kier molecular flexibility index (Phi) is 31.3. The van der Waals surface area contributed by atoms with Gasteiger partial charge in [-0.1, -0.05) is 0 Å². The van der Waals surface area contributed by atoms with Gasteiger partial charge in [-0.25, -0.2) is 9.59 Å². The van der Waals surface area contributed by atoms with E-state index in [2.05, 4.69) is 9.78 Å². The molecule has 0 aliphatic rings. The van der Waals surface area contributed by atoms with Gasteiger partial charge in [0.2, 0.25) is 0 Å². The van der Waals surface area contributed by atoms with E-state index in [-0.39, 0.29) is 34.0 Å². The number of hydrogen-bond donors (Lipinski definition) is 6. The summed E-state index contributed by atoms with van der Waals surface area (Å²) in [7, 11) is 0. The summed E-state index contributed by atoms with van der Waals surface area (Å²) < 4.78 is 0. The molecular formula is C6H20N2O8Ti+6. The van der Waals surface area contributed by atoms with Gasteiger partial charge in [0.15, 0.2) is 12.2 Å². The van der Waals surface area contributed by atoms with Crippen LogP contribution in [0.3, 0.4) is 0 Å². The molecule has 12 N–H and O–H groups in total. The topological polar surface area (TPSA) is 207 Å². The molecule has 2 unspecified atom stereocenters. The first-order valence-electron chi connectivity index (χ1n) is 3.43. The van der Waals surface area contributed by atoms with E-state index < -0.39 is 24.1 Å². The van der Waals surface area contributed by atoms with Crippen LogP contribution in [-0.2, 0) is 41.1 Å². The summed E-state index contributed by atoms with van der Waals surface area (Å²) in [5.74, 6) is -2.08. The summed E-state index contributed by atoms with van der Waals surface area (Å²) >= 11 is 0. The van der Waals surface area contributed by atoms with Gasteiger partial charge in [-0.2, -0.15) is 10.5 Å². The van der Waals surface area contributed by atoms with Gasteiger partial charge >= 0.3 is 33.7 Å². The Labute approximate surface area is 112 Å². The van der Waals surface area contributed by atoms with Crippen molar-refractivity contribution in [3.63, 3.8) is 0 Å². The molecule has 11 heteroatoms. The maximum atomic E-state index is 9.79. The maximum Gasteiger partial charge on any atom is 4.00 e. The van der Waals surface area contributed by atoms with Crippen LogP contribution in [0.2, 0.25) is 0 Å². The molecule has 0 aromatic heterocycles. The first-order chi connectivity index (χ1) is 6.36. The monoisotopic (exact) mass is 296 g/mol. The molecule has 0 amide bonds. The molecule has 10 nitrogen and oxygen atoms in total. The minimum absolute atomic E-state index is 0. The van der Waals surface area contributed by atoms with Crippen LogP contribution >= 0.6 is 0 Å². The molecule has 0 rings (SSSR count). The average molecular weight is 296 g/mol. The van der Waals surface area contributed by atoms with Gasteiger partial charge in [0, 0.05) is 0 Å². The van der Waals surface area contributed by atoms with Crippen molar-refractivity contribution in [2.45, 2.75) is 26.1 Å². The third-order valence-corrected chi connectivity index (χ3v) is 0.862. The first kappa shape index (κ1) is 29.9. The molecular weight excluding hydrogens is 276 g/mol. The van der Waals surface area contributed by atoms with Crippen molar-refractivity contribution < 1.29 is 61.8 Å². The van der Waals surface area contributed by atoms with E-state index >= 15 is 0 Å². The van der Waals surface area contributed by atoms with E-state index in [0.717, 1.165) is 0 Å². The summed E-state index contributed by atoms with van der Waals surface area (Å²) in [6.45, 7) is 2.39. The predicted octanol–water partition coefficient (Wildman–Crippen LogP) is -0.483. The summed E-state index contributed by atoms with van der Waals surface area (Å²) in [6.07, 6.45) is -2.49. The molecule has 0 bridgehead atoms. The molecule has 17 heavy (non-hydrogen) atoms. The Hall–Kier alpha value is -0.586. The van der Waals surface area contributed by atoms with Crippen molar-refractivity contribution >= 4 is 11.9 Å². The Morgan fingerprint density at radius 2 is 1.06 bits per heavy atom. The average Bonchev–Trinajstić information content (AvgIpc) is 2.15. The summed E-state index contributed by atoms with van der Waals surface area (Å²) in [6, 6.07) is 0. The van der Waals surface area contributed by atoms with Crippen molar-refractivity contribution in [2.75, 3.05) is 0 Å². The van der Waals surface area contributed by atoms with Gasteiger partial charge in [0.25, 0.3) is 0 Å². The molecule has 0 fully saturated rings. The molecule has 0 aliphatic carbocycles. The van der Waals surface area contributed by atoms with Crippen LogP contribution in [0, 0.1) is 0 Å². The SMILES string of the molecule is CC(O)C(=O)OO.CC(O)C(=O)OO.[NH4+].[NH4+].[Ti+4]. The minimum Gasteiger partial charge on any atom is -0.382 e. The number of carbonyl (C=O) groups is 2. The fraction of sp³-hybridized carbons (Fsp3) is 0.667. The van der Waals surface area contributed by atoms with E-state index in [9.17, 15) is 9.59 Å². The van der Waals surface area contributed by atoms with Crippen molar-refractivity contribution in [1.82, 2.24) is 12.3 Å². The molecule has 0 aromatic carbocycles. The number of aliphatic hydroxyl groups is 2.